The van der Waals surface area contributed by atoms with Crippen LogP contribution >= 0.6 is 11.6 Å². The number of benzene rings is 1. The Balaban J connectivity index is 1.64. The molecule has 6 nitrogen and oxygen atoms in total. The molecule has 1 unspecified atom stereocenters. The lowest BCUT2D eigenvalue weighted by molar-refractivity contribution is 0.372. The molecule has 7 heteroatoms. The molecule has 0 bridgehead atoms. The zero-order valence-electron chi connectivity index (χ0n) is 17.2. The standard InChI is InChI=1S/C21H30ClN5O/c1-5-23-21(24-14-15(2)20-16(3)25-28-17(20)4)27-12-10-26(11-13-27)19-9-7-6-8-18(19)22/h6-9,15H,5,10-14H2,1-4H3,(H,23,24). The lowest BCUT2D eigenvalue weighted by Crippen LogP contribution is -2.52. The van der Waals surface area contributed by atoms with Gasteiger partial charge in [0.2, 0.25) is 0 Å². The number of nitrogens with zero attached hydrogens (tertiary/aromatic N) is 4. The Labute approximate surface area is 172 Å². The van der Waals surface area contributed by atoms with Crippen molar-refractivity contribution in [2.24, 2.45) is 4.99 Å². The number of para-hydroxylation sites is 1. The SMILES string of the molecule is CCNC(=NCC(C)c1c(C)noc1C)N1CCN(c2ccccc2Cl)CC1. The monoisotopic (exact) mass is 403 g/mol. The molecule has 1 N–H and O–H groups in total. The minimum Gasteiger partial charge on any atom is -0.367 e. The summed E-state index contributed by atoms with van der Waals surface area (Å²) in [6, 6.07) is 8.04. The molecule has 0 saturated carbocycles. The van der Waals surface area contributed by atoms with Gasteiger partial charge in [0.15, 0.2) is 5.96 Å². The minimum absolute atomic E-state index is 0.268. The van der Waals surface area contributed by atoms with Gasteiger partial charge in [0.1, 0.15) is 5.76 Å². The fourth-order valence-electron chi connectivity index (χ4n) is 3.80. The van der Waals surface area contributed by atoms with Crippen LogP contribution in [0.1, 0.15) is 36.8 Å². The summed E-state index contributed by atoms with van der Waals surface area (Å²) in [6.45, 7) is 13.5. The maximum absolute atomic E-state index is 6.36. The molecule has 152 valence electrons. The Morgan fingerprint density at radius 3 is 2.57 bits per heavy atom. The average Bonchev–Trinajstić information content (AvgIpc) is 3.04. The normalized spacial score (nSPS) is 16.4. The van der Waals surface area contributed by atoms with Gasteiger partial charge in [-0.15, -0.1) is 0 Å². The lowest BCUT2D eigenvalue weighted by Gasteiger charge is -2.38. The van der Waals surface area contributed by atoms with Gasteiger partial charge >= 0.3 is 0 Å². The number of aliphatic imine (C=N–C) groups is 1. The first-order valence-corrected chi connectivity index (χ1v) is 10.3. The van der Waals surface area contributed by atoms with E-state index in [0.29, 0.717) is 6.54 Å². The maximum Gasteiger partial charge on any atom is 0.194 e. The molecule has 1 aromatic carbocycles. The topological polar surface area (TPSA) is 56.9 Å². The van der Waals surface area contributed by atoms with Crippen molar-refractivity contribution in [3.05, 3.63) is 46.3 Å². The van der Waals surface area contributed by atoms with Crippen molar-refractivity contribution in [3.8, 4) is 0 Å². The zero-order valence-corrected chi connectivity index (χ0v) is 18.0. The highest BCUT2D eigenvalue weighted by atomic mass is 35.5. The third-order valence-corrected chi connectivity index (χ3v) is 5.52. The van der Waals surface area contributed by atoms with Crippen LogP contribution in [0.4, 0.5) is 5.69 Å². The van der Waals surface area contributed by atoms with E-state index in [4.69, 9.17) is 21.1 Å². The first kappa shape index (κ1) is 20.5. The summed E-state index contributed by atoms with van der Waals surface area (Å²) in [5.74, 6) is 2.13. The molecule has 1 saturated heterocycles. The summed E-state index contributed by atoms with van der Waals surface area (Å²) in [5.41, 5.74) is 3.24. The van der Waals surface area contributed by atoms with Crippen LogP contribution in [0.2, 0.25) is 5.02 Å². The Morgan fingerprint density at radius 2 is 1.96 bits per heavy atom. The number of halogens is 1. The molecule has 0 amide bonds. The third-order valence-electron chi connectivity index (χ3n) is 5.20. The summed E-state index contributed by atoms with van der Waals surface area (Å²) in [4.78, 5) is 9.58. The van der Waals surface area contributed by atoms with Gasteiger partial charge < -0.3 is 19.6 Å². The van der Waals surface area contributed by atoms with Gasteiger partial charge in [-0.3, -0.25) is 4.99 Å². The average molecular weight is 404 g/mol. The number of aryl methyl sites for hydroxylation is 2. The predicted molar refractivity (Wildman–Crippen MR) is 116 cm³/mol. The molecule has 1 aliphatic heterocycles. The third kappa shape index (κ3) is 4.61. The van der Waals surface area contributed by atoms with E-state index >= 15 is 0 Å². The van der Waals surface area contributed by atoms with Crippen LogP contribution in [0.25, 0.3) is 0 Å². The van der Waals surface area contributed by atoms with Crippen molar-refractivity contribution >= 4 is 23.2 Å². The van der Waals surface area contributed by atoms with Gasteiger partial charge in [-0.1, -0.05) is 35.8 Å². The van der Waals surface area contributed by atoms with Crippen LogP contribution in [0.3, 0.4) is 0 Å². The highest BCUT2D eigenvalue weighted by Gasteiger charge is 2.22. The van der Waals surface area contributed by atoms with Gasteiger partial charge in [-0.05, 0) is 32.9 Å². The molecular formula is C21H30ClN5O. The van der Waals surface area contributed by atoms with Crippen molar-refractivity contribution in [1.29, 1.82) is 0 Å². The van der Waals surface area contributed by atoms with Crippen LogP contribution in [-0.4, -0.2) is 55.3 Å². The van der Waals surface area contributed by atoms with Crippen molar-refractivity contribution in [2.75, 3.05) is 44.2 Å². The molecule has 0 radical (unpaired) electrons. The van der Waals surface area contributed by atoms with E-state index in [1.807, 2.05) is 32.0 Å². The van der Waals surface area contributed by atoms with Crippen molar-refractivity contribution in [2.45, 2.75) is 33.6 Å². The number of piperazine rings is 1. The number of aromatic nitrogens is 1. The zero-order chi connectivity index (χ0) is 20.1. The molecule has 2 aromatic rings. The molecule has 0 aliphatic carbocycles. The number of rotatable bonds is 5. The second-order valence-electron chi connectivity index (χ2n) is 7.26. The highest BCUT2D eigenvalue weighted by Crippen LogP contribution is 2.26. The Hall–Kier alpha value is -2.21. The van der Waals surface area contributed by atoms with Crippen LogP contribution in [0.5, 0.6) is 0 Å². The van der Waals surface area contributed by atoms with Crippen LogP contribution in [0.15, 0.2) is 33.8 Å². The molecule has 1 atom stereocenters. The van der Waals surface area contributed by atoms with Crippen molar-refractivity contribution in [1.82, 2.24) is 15.4 Å². The lowest BCUT2D eigenvalue weighted by atomic mass is 10.00. The number of hydrogen-bond donors (Lipinski definition) is 1. The van der Waals surface area contributed by atoms with Crippen molar-refractivity contribution < 1.29 is 4.52 Å². The second kappa shape index (κ2) is 9.32. The van der Waals surface area contributed by atoms with E-state index in [-0.39, 0.29) is 5.92 Å². The largest absolute Gasteiger partial charge is 0.367 e. The number of guanidine groups is 1. The molecule has 2 heterocycles. The Kier molecular flexibility index (Phi) is 6.83. The van der Waals surface area contributed by atoms with Gasteiger partial charge in [-0.2, -0.15) is 0 Å². The second-order valence-corrected chi connectivity index (χ2v) is 7.67. The first-order valence-electron chi connectivity index (χ1n) is 9.96. The maximum atomic E-state index is 6.36. The molecule has 3 rings (SSSR count). The van der Waals surface area contributed by atoms with E-state index in [0.717, 1.165) is 60.8 Å². The summed E-state index contributed by atoms with van der Waals surface area (Å²) in [5, 5.41) is 8.32. The van der Waals surface area contributed by atoms with E-state index in [2.05, 4.69) is 40.2 Å². The van der Waals surface area contributed by atoms with Gasteiger partial charge in [0.05, 0.1) is 16.4 Å². The van der Waals surface area contributed by atoms with Crippen LogP contribution in [0, 0.1) is 13.8 Å². The summed E-state index contributed by atoms with van der Waals surface area (Å²) >= 11 is 6.36. The molecule has 0 spiro atoms. The molecular weight excluding hydrogens is 374 g/mol. The summed E-state index contributed by atoms with van der Waals surface area (Å²) in [6.07, 6.45) is 0. The molecule has 1 aromatic heterocycles. The quantitative estimate of drug-likeness (QED) is 0.607. The number of nitrogens with one attached hydrogen (secondary N) is 1. The van der Waals surface area contributed by atoms with Crippen molar-refractivity contribution in [3.63, 3.8) is 0 Å². The fourth-order valence-corrected chi connectivity index (χ4v) is 4.06. The van der Waals surface area contributed by atoms with Gasteiger partial charge in [-0.25, -0.2) is 0 Å². The van der Waals surface area contributed by atoms with Crippen LogP contribution < -0.4 is 10.2 Å². The molecule has 1 aliphatic rings. The number of anilines is 1. The summed E-state index contributed by atoms with van der Waals surface area (Å²) in [7, 11) is 0. The van der Waals surface area contributed by atoms with Gasteiger partial charge in [0, 0.05) is 50.7 Å². The van der Waals surface area contributed by atoms with Crippen LogP contribution in [-0.2, 0) is 0 Å². The van der Waals surface area contributed by atoms with E-state index in [9.17, 15) is 0 Å². The fraction of sp³-hybridized carbons (Fsp3) is 0.524. The summed E-state index contributed by atoms with van der Waals surface area (Å²) < 4.78 is 5.31. The number of hydrogen-bond acceptors (Lipinski definition) is 4. The highest BCUT2D eigenvalue weighted by molar-refractivity contribution is 6.33. The minimum atomic E-state index is 0.268. The smallest absolute Gasteiger partial charge is 0.194 e. The first-order chi connectivity index (χ1) is 13.5. The van der Waals surface area contributed by atoms with E-state index in [1.165, 1.54) is 5.56 Å². The van der Waals surface area contributed by atoms with E-state index in [1.54, 1.807) is 0 Å². The van der Waals surface area contributed by atoms with Gasteiger partial charge in [0.25, 0.3) is 0 Å². The molecule has 1 fully saturated rings. The Morgan fingerprint density at radius 1 is 1.25 bits per heavy atom. The Bertz CT molecular complexity index is 791. The van der Waals surface area contributed by atoms with E-state index < -0.39 is 0 Å². The predicted octanol–water partition coefficient (Wildman–Crippen LogP) is 3.84. The molecule has 28 heavy (non-hydrogen) atoms.